The lowest BCUT2D eigenvalue weighted by Crippen LogP contribution is -2.39. The van der Waals surface area contributed by atoms with Gasteiger partial charge in [0.05, 0.1) is 12.7 Å². The number of esters is 1. The number of benzene rings is 1. The lowest BCUT2D eigenvalue weighted by Gasteiger charge is -2.36. The van der Waals surface area contributed by atoms with Gasteiger partial charge in [-0.2, -0.15) is 0 Å². The van der Waals surface area contributed by atoms with Crippen molar-refractivity contribution in [1.82, 2.24) is 4.90 Å². The van der Waals surface area contributed by atoms with Crippen molar-refractivity contribution in [2.45, 2.75) is 64.1 Å². The second-order valence-corrected chi connectivity index (χ2v) is 6.51. The van der Waals surface area contributed by atoms with Gasteiger partial charge in [0, 0.05) is 19.0 Å². The van der Waals surface area contributed by atoms with Gasteiger partial charge in [0.15, 0.2) is 0 Å². The zero-order valence-corrected chi connectivity index (χ0v) is 14.5. The number of phenols is 1. The van der Waals surface area contributed by atoms with E-state index in [1.54, 1.807) is 12.1 Å². The highest BCUT2D eigenvalue weighted by Gasteiger charge is 2.25. The molecule has 2 N–H and O–H groups in total. The number of aliphatic hydroxyl groups is 1. The Bertz CT molecular complexity index is 512. The van der Waals surface area contributed by atoms with E-state index in [0.29, 0.717) is 19.1 Å². The summed E-state index contributed by atoms with van der Waals surface area (Å²) in [5.74, 6) is 0.131. The number of hydrogen-bond donors (Lipinski definition) is 2. The Labute approximate surface area is 144 Å². The molecule has 1 aliphatic carbocycles. The number of nitrogens with zero attached hydrogens (tertiary/aromatic N) is 1. The maximum Gasteiger partial charge on any atom is 0.305 e. The lowest BCUT2D eigenvalue weighted by molar-refractivity contribution is -0.143. The van der Waals surface area contributed by atoms with Crippen LogP contribution in [0.3, 0.4) is 0 Å². The summed E-state index contributed by atoms with van der Waals surface area (Å²) in [6, 6.07) is 7.74. The fraction of sp³-hybridized carbons (Fsp3) is 0.632. The van der Waals surface area contributed by atoms with Crippen LogP contribution in [0.25, 0.3) is 0 Å². The van der Waals surface area contributed by atoms with Gasteiger partial charge in [-0.1, -0.05) is 12.1 Å². The molecular formula is C19H29NO4. The molecule has 0 atom stereocenters. The van der Waals surface area contributed by atoms with Crippen LogP contribution >= 0.6 is 0 Å². The number of aliphatic hydroxyl groups excluding tert-OH is 1. The highest BCUT2D eigenvalue weighted by atomic mass is 16.5. The zero-order valence-electron chi connectivity index (χ0n) is 14.5. The number of rotatable bonds is 8. The Morgan fingerprint density at radius 3 is 2.71 bits per heavy atom. The summed E-state index contributed by atoms with van der Waals surface area (Å²) in [7, 11) is 0. The van der Waals surface area contributed by atoms with E-state index in [-0.39, 0.29) is 17.8 Å². The van der Waals surface area contributed by atoms with Gasteiger partial charge >= 0.3 is 5.97 Å². The minimum Gasteiger partial charge on any atom is -0.508 e. The summed E-state index contributed by atoms with van der Waals surface area (Å²) in [6.45, 7) is 3.80. The number of hydrogen-bond acceptors (Lipinski definition) is 5. The van der Waals surface area contributed by atoms with Crippen molar-refractivity contribution < 1.29 is 19.7 Å². The molecule has 134 valence electrons. The second kappa shape index (κ2) is 9.64. The lowest BCUT2D eigenvalue weighted by atomic mass is 9.91. The quantitative estimate of drug-likeness (QED) is 0.715. The first kappa shape index (κ1) is 18.7. The molecule has 0 aliphatic heterocycles. The van der Waals surface area contributed by atoms with E-state index < -0.39 is 0 Å². The Morgan fingerprint density at radius 1 is 1.29 bits per heavy atom. The molecule has 1 fully saturated rings. The molecule has 5 heteroatoms. The zero-order chi connectivity index (χ0) is 17.4. The van der Waals surface area contributed by atoms with Crippen molar-refractivity contribution >= 4 is 5.97 Å². The van der Waals surface area contributed by atoms with Gasteiger partial charge in [-0.25, -0.2) is 0 Å². The summed E-state index contributed by atoms with van der Waals surface area (Å²) in [4.78, 5) is 13.9. The fourth-order valence-corrected chi connectivity index (χ4v) is 3.36. The molecule has 0 aromatic heterocycles. The van der Waals surface area contributed by atoms with Crippen molar-refractivity contribution in [2.75, 3.05) is 13.2 Å². The number of carbonyl (C=O) groups is 1. The summed E-state index contributed by atoms with van der Waals surface area (Å²) in [5, 5.41) is 19.4. The van der Waals surface area contributed by atoms with Gasteiger partial charge < -0.3 is 14.9 Å². The number of aromatic hydroxyl groups is 1. The average Bonchev–Trinajstić information content (AvgIpc) is 2.55. The Balaban J connectivity index is 1.94. The Hall–Kier alpha value is -1.59. The summed E-state index contributed by atoms with van der Waals surface area (Å²) < 4.78 is 4.99. The SMILES string of the molecule is CCOC(=O)CCCN(Cc1cccc(O)c1)C1CCC(O)CC1. The van der Waals surface area contributed by atoms with Crippen LogP contribution in [0.2, 0.25) is 0 Å². The van der Waals surface area contributed by atoms with Crippen LogP contribution in [-0.4, -0.2) is 46.4 Å². The van der Waals surface area contributed by atoms with E-state index in [9.17, 15) is 15.0 Å². The first-order valence-electron chi connectivity index (χ1n) is 8.94. The third kappa shape index (κ3) is 6.13. The predicted octanol–water partition coefficient (Wildman–Crippen LogP) is 2.84. The first-order chi connectivity index (χ1) is 11.6. The summed E-state index contributed by atoms with van der Waals surface area (Å²) in [5.41, 5.74) is 1.07. The van der Waals surface area contributed by atoms with Crippen LogP contribution in [0.4, 0.5) is 0 Å². The van der Waals surface area contributed by atoms with Crippen molar-refractivity contribution in [2.24, 2.45) is 0 Å². The van der Waals surface area contributed by atoms with Gasteiger partial charge in [-0.15, -0.1) is 0 Å². The molecule has 0 radical (unpaired) electrons. The minimum absolute atomic E-state index is 0.145. The molecule has 0 bridgehead atoms. The highest BCUT2D eigenvalue weighted by molar-refractivity contribution is 5.69. The average molecular weight is 335 g/mol. The van der Waals surface area contributed by atoms with Crippen LogP contribution in [0.15, 0.2) is 24.3 Å². The molecule has 5 nitrogen and oxygen atoms in total. The summed E-state index contributed by atoms with van der Waals surface area (Å²) in [6.07, 6.45) is 4.62. The maximum atomic E-state index is 11.5. The van der Waals surface area contributed by atoms with Crippen molar-refractivity contribution in [3.05, 3.63) is 29.8 Å². The molecule has 0 unspecified atom stereocenters. The van der Waals surface area contributed by atoms with Gasteiger partial charge in [0.2, 0.25) is 0 Å². The molecule has 24 heavy (non-hydrogen) atoms. The van der Waals surface area contributed by atoms with Gasteiger partial charge in [-0.05, 0) is 63.3 Å². The molecule has 0 heterocycles. The molecule has 0 amide bonds. The Kier molecular flexibility index (Phi) is 7.53. The van der Waals surface area contributed by atoms with Gasteiger partial charge in [0.25, 0.3) is 0 Å². The predicted molar refractivity (Wildman–Crippen MR) is 92.6 cm³/mol. The van der Waals surface area contributed by atoms with Crippen LogP contribution in [-0.2, 0) is 16.1 Å². The number of ether oxygens (including phenoxy) is 1. The molecule has 1 aliphatic rings. The standard InChI is InChI=1S/C19H29NO4/c1-2-24-19(23)7-4-12-20(16-8-10-17(21)11-9-16)14-15-5-3-6-18(22)13-15/h3,5-6,13,16-17,21-22H,2,4,7-12,14H2,1H3. The second-order valence-electron chi connectivity index (χ2n) is 6.51. The van der Waals surface area contributed by atoms with Crippen molar-refractivity contribution in [3.63, 3.8) is 0 Å². The van der Waals surface area contributed by atoms with Crippen molar-refractivity contribution in [3.8, 4) is 5.75 Å². The molecule has 2 rings (SSSR count). The molecule has 0 saturated heterocycles. The Morgan fingerprint density at radius 2 is 2.04 bits per heavy atom. The maximum absolute atomic E-state index is 11.5. The monoisotopic (exact) mass is 335 g/mol. The minimum atomic E-state index is -0.177. The molecule has 1 aromatic rings. The fourth-order valence-electron chi connectivity index (χ4n) is 3.36. The third-order valence-corrected chi connectivity index (χ3v) is 4.61. The topological polar surface area (TPSA) is 70.0 Å². The molecule has 1 aromatic carbocycles. The molecule has 1 saturated carbocycles. The molecular weight excluding hydrogens is 306 g/mol. The third-order valence-electron chi connectivity index (χ3n) is 4.61. The molecule has 0 spiro atoms. The van der Waals surface area contributed by atoms with E-state index in [2.05, 4.69) is 4.90 Å². The summed E-state index contributed by atoms with van der Waals surface area (Å²) >= 11 is 0. The van der Waals surface area contributed by atoms with Crippen LogP contribution in [0.1, 0.15) is 51.0 Å². The number of carbonyl (C=O) groups excluding carboxylic acids is 1. The largest absolute Gasteiger partial charge is 0.508 e. The van der Waals surface area contributed by atoms with Crippen LogP contribution < -0.4 is 0 Å². The van der Waals surface area contributed by atoms with Crippen LogP contribution in [0.5, 0.6) is 5.75 Å². The first-order valence-corrected chi connectivity index (χ1v) is 8.94. The van der Waals surface area contributed by atoms with Crippen molar-refractivity contribution in [1.29, 1.82) is 0 Å². The normalized spacial score (nSPS) is 21.0. The van der Waals surface area contributed by atoms with E-state index in [4.69, 9.17) is 4.74 Å². The van der Waals surface area contributed by atoms with E-state index >= 15 is 0 Å². The number of phenolic OH excluding ortho intramolecular Hbond substituents is 1. The van der Waals surface area contributed by atoms with Gasteiger partial charge in [-0.3, -0.25) is 9.69 Å². The van der Waals surface area contributed by atoms with E-state index in [1.807, 2.05) is 19.1 Å². The highest BCUT2D eigenvalue weighted by Crippen LogP contribution is 2.25. The van der Waals surface area contributed by atoms with E-state index in [0.717, 1.165) is 50.8 Å². The van der Waals surface area contributed by atoms with Crippen LogP contribution in [0, 0.1) is 0 Å². The smallest absolute Gasteiger partial charge is 0.305 e. The van der Waals surface area contributed by atoms with Gasteiger partial charge in [0.1, 0.15) is 5.75 Å². The van der Waals surface area contributed by atoms with E-state index in [1.165, 1.54) is 0 Å².